The third-order valence-corrected chi connectivity index (χ3v) is 8.06. The number of phenols is 1. The Labute approximate surface area is 228 Å². The van der Waals surface area contributed by atoms with Gasteiger partial charge in [-0.05, 0) is 86.9 Å². The molecule has 2 N–H and O–H groups in total. The second kappa shape index (κ2) is 11.2. The van der Waals surface area contributed by atoms with E-state index in [9.17, 15) is 9.90 Å². The van der Waals surface area contributed by atoms with Crippen LogP contribution < -0.4 is 10.1 Å². The van der Waals surface area contributed by atoms with Gasteiger partial charge in [0.25, 0.3) is 0 Å². The van der Waals surface area contributed by atoms with Gasteiger partial charge < -0.3 is 15.2 Å². The zero-order valence-corrected chi connectivity index (χ0v) is 22.6. The summed E-state index contributed by atoms with van der Waals surface area (Å²) in [4.78, 5) is 20.0. The normalized spacial score (nSPS) is 19.3. The predicted octanol–water partition coefficient (Wildman–Crippen LogP) is 6.29. The number of carbonyl (C=O) groups excluding carboxylic acids is 1. The first kappa shape index (κ1) is 26.3. The maximum Gasteiger partial charge on any atom is 0.176 e. The zero-order chi connectivity index (χ0) is 26.8. The molecule has 2 aliphatic carbocycles. The number of carbonyl (C=O) groups is 1. The molecule has 5 rings (SSSR count). The molecule has 38 heavy (non-hydrogen) atoms. The molecule has 0 unspecified atom stereocenters. The molecule has 2 aliphatic rings. The van der Waals surface area contributed by atoms with E-state index in [2.05, 4.69) is 21.3 Å². The minimum atomic E-state index is -0.0885. The Morgan fingerprint density at radius 1 is 1.18 bits per heavy atom. The number of nitriles is 1. The van der Waals surface area contributed by atoms with E-state index in [1.54, 1.807) is 18.3 Å². The number of ether oxygens (including phenoxy) is 1. The van der Waals surface area contributed by atoms with E-state index in [4.69, 9.17) is 21.6 Å². The quantitative estimate of drug-likeness (QED) is 0.247. The minimum absolute atomic E-state index is 0.0876. The van der Waals surface area contributed by atoms with Gasteiger partial charge in [-0.3, -0.25) is 14.7 Å². The standard InChI is InChI=1S/C30H33ClN4O3/c1-35(12-11-32)17-18-3-8-22(9-4-18)34-28-23-13-20(21-14-25(31)30(37)27(15-21)38-2)7-10-26(23)33-16-24(28)29(36)19-5-6-19/h7,10,13-16,18-19,22,37H,3-6,8-9,12,17H2,1-2H3,(H,33,34)/t18-,22-. The van der Waals surface area contributed by atoms with Crippen molar-refractivity contribution in [3.05, 3.63) is 47.1 Å². The van der Waals surface area contributed by atoms with E-state index in [1.807, 2.05) is 25.2 Å². The number of pyridine rings is 1. The van der Waals surface area contributed by atoms with Crippen molar-refractivity contribution < 1.29 is 14.6 Å². The number of halogens is 1. The van der Waals surface area contributed by atoms with Crippen molar-refractivity contribution in [2.45, 2.75) is 44.6 Å². The van der Waals surface area contributed by atoms with Gasteiger partial charge in [-0.2, -0.15) is 5.26 Å². The third-order valence-electron chi connectivity index (χ3n) is 7.77. The lowest BCUT2D eigenvalue weighted by molar-refractivity contribution is 0.0968. The van der Waals surface area contributed by atoms with E-state index in [-0.39, 0.29) is 28.5 Å². The number of anilines is 1. The molecule has 2 saturated carbocycles. The minimum Gasteiger partial charge on any atom is -0.503 e. The lowest BCUT2D eigenvalue weighted by Gasteiger charge is -2.32. The molecule has 0 bridgehead atoms. The number of benzene rings is 2. The number of nitrogens with zero attached hydrogens (tertiary/aromatic N) is 3. The highest BCUT2D eigenvalue weighted by molar-refractivity contribution is 6.32. The number of nitrogens with one attached hydrogen (secondary N) is 1. The molecule has 0 atom stereocenters. The molecule has 8 heteroatoms. The monoisotopic (exact) mass is 532 g/mol. The van der Waals surface area contributed by atoms with Crippen LogP contribution >= 0.6 is 11.6 Å². The fourth-order valence-corrected chi connectivity index (χ4v) is 5.71. The van der Waals surface area contributed by atoms with Gasteiger partial charge in [0, 0.05) is 30.1 Å². The number of fused-ring (bicyclic) bond motifs is 1. The first-order chi connectivity index (χ1) is 18.4. The second-order valence-corrected chi connectivity index (χ2v) is 11.1. The van der Waals surface area contributed by atoms with E-state index < -0.39 is 0 Å². The molecule has 3 aromatic rings. The molecule has 1 heterocycles. The van der Waals surface area contributed by atoms with Crippen molar-refractivity contribution in [3.8, 4) is 28.7 Å². The first-order valence-corrected chi connectivity index (χ1v) is 13.6. The molecule has 0 radical (unpaired) electrons. The number of rotatable bonds is 9. The summed E-state index contributed by atoms with van der Waals surface area (Å²) in [6.07, 6.45) is 7.78. The van der Waals surface area contributed by atoms with Crippen LogP contribution in [0.5, 0.6) is 11.5 Å². The van der Waals surface area contributed by atoms with Gasteiger partial charge in [-0.25, -0.2) is 0 Å². The van der Waals surface area contributed by atoms with E-state index >= 15 is 0 Å². The Balaban J connectivity index is 1.47. The van der Waals surface area contributed by atoms with Crippen LogP contribution in [0.3, 0.4) is 0 Å². The fourth-order valence-electron chi connectivity index (χ4n) is 5.50. The number of phenolic OH excluding ortho intramolecular Hbond substituents is 1. The van der Waals surface area contributed by atoms with Gasteiger partial charge in [0.05, 0.1) is 41.5 Å². The Kier molecular flexibility index (Phi) is 7.73. The summed E-state index contributed by atoms with van der Waals surface area (Å²) in [5.41, 5.74) is 4.03. The van der Waals surface area contributed by atoms with Crippen LogP contribution in [0.2, 0.25) is 5.02 Å². The van der Waals surface area contributed by atoms with Gasteiger partial charge in [0.2, 0.25) is 0 Å². The molecule has 0 aliphatic heterocycles. The highest BCUT2D eigenvalue weighted by Gasteiger charge is 2.33. The fraction of sp³-hybridized carbons (Fsp3) is 0.433. The third kappa shape index (κ3) is 5.57. The molecule has 0 amide bonds. The predicted molar refractivity (Wildman–Crippen MR) is 150 cm³/mol. The molecule has 0 saturated heterocycles. The van der Waals surface area contributed by atoms with Crippen LogP contribution in [0, 0.1) is 23.2 Å². The Morgan fingerprint density at radius 3 is 2.63 bits per heavy atom. The lowest BCUT2D eigenvalue weighted by Crippen LogP contribution is -2.32. The summed E-state index contributed by atoms with van der Waals surface area (Å²) in [6.45, 7) is 1.39. The highest BCUT2D eigenvalue weighted by atomic mass is 35.5. The van der Waals surface area contributed by atoms with Gasteiger partial charge in [-0.15, -0.1) is 0 Å². The largest absolute Gasteiger partial charge is 0.503 e. The highest BCUT2D eigenvalue weighted by Crippen LogP contribution is 2.41. The number of Topliss-reactive ketones (excluding diaryl/α,β-unsaturated/α-hetero) is 1. The van der Waals surface area contributed by atoms with Crippen LogP contribution in [-0.4, -0.2) is 54.1 Å². The van der Waals surface area contributed by atoms with Gasteiger partial charge >= 0.3 is 0 Å². The lowest BCUT2D eigenvalue weighted by atomic mass is 9.85. The van der Waals surface area contributed by atoms with Crippen molar-refractivity contribution in [2.75, 3.05) is 32.6 Å². The van der Waals surface area contributed by atoms with Crippen LogP contribution in [-0.2, 0) is 0 Å². The van der Waals surface area contributed by atoms with Crippen molar-refractivity contribution in [2.24, 2.45) is 11.8 Å². The summed E-state index contributed by atoms with van der Waals surface area (Å²) in [5, 5.41) is 24.0. The Bertz CT molecular complexity index is 1390. The summed E-state index contributed by atoms with van der Waals surface area (Å²) >= 11 is 6.28. The maximum atomic E-state index is 13.3. The molecule has 2 fully saturated rings. The summed E-state index contributed by atoms with van der Waals surface area (Å²) in [7, 11) is 3.49. The van der Waals surface area contributed by atoms with Crippen molar-refractivity contribution in [1.29, 1.82) is 5.26 Å². The number of aromatic hydroxyl groups is 1. The molecule has 7 nitrogen and oxygen atoms in total. The smallest absolute Gasteiger partial charge is 0.176 e. The number of methoxy groups -OCH3 is 1. The van der Waals surface area contributed by atoms with Crippen molar-refractivity contribution >= 4 is 34.0 Å². The van der Waals surface area contributed by atoms with E-state index in [0.29, 0.717) is 23.8 Å². The molecule has 0 spiro atoms. The molecule has 198 valence electrons. The summed E-state index contributed by atoms with van der Waals surface area (Å²) < 4.78 is 5.31. The van der Waals surface area contributed by atoms with Gasteiger partial charge in [0.15, 0.2) is 17.3 Å². The summed E-state index contributed by atoms with van der Waals surface area (Å²) in [6, 6.07) is 11.9. The maximum absolute atomic E-state index is 13.3. The second-order valence-electron chi connectivity index (χ2n) is 10.6. The number of hydrogen-bond donors (Lipinski definition) is 2. The van der Waals surface area contributed by atoms with Crippen LogP contribution in [0.4, 0.5) is 5.69 Å². The van der Waals surface area contributed by atoms with Gasteiger partial charge in [0.1, 0.15) is 0 Å². The average Bonchev–Trinajstić information content (AvgIpc) is 3.77. The molecular formula is C30H33ClN4O3. The average molecular weight is 533 g/mol. The van der Waals surface area contributed by atoms with E-state index in [1.165, 1.54) is 7.11 Å². The first-order valence-electron chi connectivity index (χ1n) is 13.2. The van der Waals surface area contributed by atoms with Crippen molar-refractivity contribution in [1.82, 2.24) is 9.88 Å². The molecule has 1 aromatic heterocycles. The SMILES string of the molecule is COc1cc(-c2ccc3ncc(C(=O)C4CC4)c(N[C@H]4CC[C@H](CN(C)CC#N)CC4)c3c2)cc(Cl)c1O. The van der Waals surface area contributed by atoms with E-state index in [0.717, 1.165) is 72.8 Å². The Morgan fingerprint density at radius 2 is 1.95 bits per heavy atom. The van der Waals surface area contributed by atoms with Crippen LogP contribution in [0.1, 0.15) is 48.9 Å². The van der Waals surface area contributed by atoms with Gasteiger partial charge in [-0.1, -0.05) is 17.7 Å². The summed E-state index contributed by atoms with van der Waals surface area (Å²) in [5.74, 6) is 1.04. The van der Waals surface area contributed by atoms with Crippen LogP contribution in [0.15, 0.2) is 36.5 Å². The topological polar surface area (TPSA) is 98.5 Å². The van der Waals surface area contributed by atoms with Crippen molar-refractivity contribution in [3.63, 3.8) is 0 Å². The number of hydrogen-bond acceptors (Lipinski definition) is 7. The van der Waals surface area contributed by atoms with Crippen LogP contribution in [0.25, 0.3) is 22.0 Å². The molecule has 2 aromatic carbocycles. The number of aromatic nitrogens is 1. The Hall–Kier alpha value is -3.34. The number of ketones is 1. The zero-order valence-electron chi connectivity index (χ0n) is 21.8. The molecular weight excluding hydrogens is 500 g/mol.